The molecule has 1 N–H and O–H groups in total. The lowest BCUT2D eigenvalue weighted by atomic mass is 10.1. The number of benzene rings is 1. The molecule has 0 saturated carbocycles. The van der Waals surface area contributed by atoms with Crippen molar-refractivity contribution in [2.45, 2.75) is 19.2 Å². The topological polar surface area (TPSA) is 60.4 Å². The Bertz CT molecular complexity index is 316. The van der Waals surface area contributed by atoms with Gasteiger partial charge in [-0.2, -0.15) is 0 Å². The Morgan fingerprint density at radius 1 is 1.38 bits per heavy atom. The van der Waals surface area contributed by atoms with E-state index in [1.807, 2.05) is 6.92 Å². The highest BCUT2D eigenvalue weighted by atomic mass is 31.1. The molecule has 0 aromatic heterocycles. The second-order valence-corrected chi connectivity index (χ2v) is 4.53. The average molecular weight is 198 g/mol. The first kappa shape index (κ1) is 10.3. The zero-order valence-corrected chi connectivity index (χ0v) is 8.41. The molecule has 2 atom stereocenters. The molecule has 0 saturated heterocycles. The molecule has 0 aliphatic carbocycles. The monoisotopic (exact) mass is 198 g/mol. The second kappa shape index (κ2) is 3.54. The smallest absolute Gasteiger partial charge is 0.349 e. The van der Waals surface area contributed by atoms with Crippen LogP contribution in [0.5, 0.6) is 0 Å². The van der Waals surface area contributed by atoms with Gasteiger partial charge in [0.25, 0.3) is 5.34 Å². The van der Waals surface area contributed by atoms with Gasteiger partial charge in [0, 0.05) is 12.5 Å². The number of aliphatic hydroxyl groups is 1. The molecule has 2 unspecified atom stereocenters. The summed E-state index contributed by atoms with van der Waals surface area (Å²) >= 11 is 0. The van der Waals surface area contributed by atoms with Crippen LogP contribution in [0.15, 0.2) is 24.3 Å². The van der Waals surface area contributed by atoms with Gasteiger partial charge in [-0.25, -0.2) is 0 Å². The van der Waals surface area contributed by atoms with Crippen molar-refractivity contribution in [1.82, 2.24) is 0 Å². The number of aryl methyl sites for hydroxylation is 1. The molecular formula is C9H11O3P. The molecule has 0 fully saturated rings. The lowest BCUT2D eigenvalue weighted by molar-refractivity contribution is -0.179. The van der Waals surface area contributed by atoms with Crippen molar-refractivity contribution in [3.05, 3.63) is 35.4 Å². The summed E-state index contributed by atoms with van der Waals surface area (Å²) in [7, 11) is -2.87. The first-order valence-electron chi connectivity index (χ1n) is 3.88. The van der Waals surface area contributed by atoms with Crippen molar-refractivity contribution in [3.8, 4) is 0 Å². The van der Waals surface area contributed by atoms with Gasteiger partial charge in [0.2, 0.25) is 0 Å². The molecule has 0 aliphatic heterocycles. The van der Waals surface area contributed by atoms with Crippen molar-refractivity contribution in [3.63, 3.8) is 0 Å². The molecule has 13 heavy (non-hydrogen) atoms. The summed E-state index contributed by atoms with van der Waals surface area (Å²) in [6, 6.07) is 6.76. The predicted octanol–water partition coefficient (Wildman–Crippen LogP) is 1.26. The van der Waals surface area contributed by atoms with Crippen LogP contribution in [0, 0.1) is 6.92 Å². The maximum Gasteiger partial charge on any atom is 0.349 e. The highest BCUT2D eigenvalue weighted by Crippen LogP contribution is 2.38. The van der Waals surface area contributed by atoms with Crippen molar-refractivity contribution in [1.29, 1.82) is 0 Å². The van der Waals surface area contributed by atoms with Crippen molar-refractivity contribution in [2.24, 2.45) is 0 Å². The average Bonchev–Trinajstić information content (AvgIpc) is 2.04. The number of hydrogen-bond acceptors (Lipinski definition) is 3. The standard InChI is InChI=1S/C9H11O3P/c1-7-3-5-8(6-4-7)9(2,10)13(11)12/h3-6,10H,1-2H3. The SMILES string of the molecule is Cc1ccc(C(C)(O)[P+](=O)[O-])cc1. The fraction of sp³-hybridized carbons (Fsp3) is 0.333. The molecule has 0 spiro atoms. The maximum atomic E-state index is 10.7. The van der Waals surface area contributed by atoms with Crippen LogP contribution in [-0.2, 0) is 9.91 Å². The highest BCUT2D eigenvalue weighted by Gasteiger charge is 2.36. The van der Waals surface area contributed by atoms with Crippen LogP contribution in [0.25, 0.3) is 0 Å². The van der Waals surface area contributed by atoms with Gasteiger partial charge in [0.1, 0.15) is 0 Å². The van der Waals surface area contributed by atoms with Crippen LogP contribution in [0.2, 0.25) is 0 Å². The van der Waals surface area contributed by atoms with E-state index in [9.17, 15) is 14.6 Å². The molecule has 1 aromatic carbocycles. The molecule has 4 heteroatoms. The van der Waals surface area contributed by atoms with E-state index in [1.165, 1.54) is 6.92 Å². The van der Waals surface area contributed by atoms with E-state index in [0.29, 0.717) is 5.56 Å². The van der Waals surface area contributed by atoms with Crippen LogP contribution >= 0.6 is 8.03 Å². The number of hydrogen-bond donors (Lipinski definition) is 1. The predicted molar refractivity (Wildman–Crippen MR) is 48.4 cm³/mol. The lowest BCUT2D eigenvalue weighted by Gasteiger charge is -2.13. The molecular weight excluding hydrogens is 187 g/mol. The Morgan fingerprint density at radius 3 is 2.23 bits per heavy atom. The molecule has 0 heterocycles. The first-order valence-corrected chi connectivity index (χ1v) is 5.06. The van der Waals surface area contributed by atoms with Crippen molar-refractivity contribution < 1.29 is 14.6 Å². The Morgan fingerprint density at radius 2 is 1.85 bits per heavy atom. The van der Waals surface area contributed by atoms with E-state index in [0.717, 1.165) is 5.56 Å². The zero-order chi connectivity index (χ0) is 10.1. The summed E-state index contributed by atoms with van der Waals surface area (Å²) in [5.74, 6) is 0. The fourth-order valence-electron chi connectivity index (χ4n) is 0.975. The molecule has 1 aromatic rings. The molecule has 3 nitrogen and oxygen atoms in total. The van der Waals surface area contributed by atoms with E-state index < -0.39 is 13.4 Å². The Hall–Kier alpha value is -0.760. The first-order chi connectivity index (χ1) is 5.94. The van der Waals surface area contributed by atoms with Gasteiger partial charge in [-0.3, -0.25) is 0 Å². The van der Waals surface area contributed by atoms with Crippen molar-refractivity contribution in [2.75, 3.05) is 0 Å². The number of rotatable bonds is 2. The van der Waals surface area contributed by atoms with Gasteiger partial charge in [0.05, 0.1) is 0 Å². The molecule has 0 bridgehead atoms. The van der Waals surface area contributed by atoms with Crippen LogP contribution in [-0.4, -0.2) is 5.11 Å². The lowest BCUT2D eigenvalue weighted by Crippen LogP contribution is -2.20. The van der Waals surface area contributed by atoms with Gasteiger partial charge in [-0.15, -0.1) is 0 Å². The van der Waals surface area contributed by atoms with Crippen LogP contribution in [0.1, 0.15) is 18.1 Å². The van der Waals surface area contributed by atoms with Crippen LogP contribution < -0.4 is 4.89 Å². The minimum Gasteiger partial charge on any atom is -0.593 e. The van der Waals surface area contributed by atoms with E-state index in [4.69, 9.17) is 0 Å². The third-order valence-corrected chi connectivity index (χ3v) is 2.92. The zero-order valence-electron chi connectivity index (χ0n) is 7.52. The third kappa shape index (κ3) is 2.13. The Balaban J connectivity index is 3.08. The van der Waals surface area contributed by atoms with E-state index in [1.54, 1.807) is 24.3 Å². The van der Waals surface area contributed by atoms with Gasteiger partial charge in [-0.05, 0) is 6.92 Å². The van der Waals surface area contributed by atoms with Crippen LogP contribution in [0.4, 0.5) is 0 Å². The normalized spacial score (nSPS) is 16.5. The Labute approximate surface area is 77.9 Å². The molecule has 1 rings (SSSR count). The summed E-state index contributed by atoms with van der Waals surface area (Å²) in [5.41, 5.74) is 1.43. The fourth-order valence-corrected chi connectivity index (χ4v) is 1.33. The van der Waals surface area contributed by atoms with Gasteiger partial charge < -0.3 is 10.00 Å². The summed E-state index contributed by atoms with van der Waals surface area (Å²) in [4.78, 5) is 10.7. The Kier molecular flexibility index (Phi) is 2.81. The molecule has 0 aliphatic rings. The summed E-state index contributed by atoms with van der Waals surface area (Å²) in [6.45, 7) is 3.17. The minimum absolute atomic E-state index is 0.397. The minimum atomic E-state index is -2.87. The molecule has 70 valence electrons. The largest absolute Gasteiger partial charge is 0.593 e. The quantitative estimate of drug-likeness (QED) is 0.728. The maximum absolute atomic E-state index is 10.7. The van der Waals surface area contributed by atoms with E-state index in [2.05, 4.69) is 0 Å². The van der Waals surface area contributed by atoms with Gasteiger partial charge in [-0.1, -0.05) is 34.4 Å². The van der Waals surface area contributed by atoms with E-state index >= 15 is 0 Å². The summed E-state index contributed by atoms with van der Waals surface area (Å²) < 4.78 is 10.7. The summed E-state index contributed by atoms with van der Waals surface area (Å²) in [6.07, 6.45) is 0. The van der Waals surface area contributed by atoms with Gasteiger partial charge in [0.15, 0.2) is 0 Å². The highest BCUT2D eigenvalue weighted by molar-refractivity contribution is 7.37. The summed E-state index contributed by atoms with van der Waals surface area (Å²) in [5, 5.41) is 7.80. The van der Waals surface area contributed by atoms with Crippen molar-refractivity contribution >= 4 is 8.03 Å². The second-order valence-electron chi connectivity index (χ2n) is 3.14. The molecule has 0 radical (unpaired) electrons. The van der Waals surface area contributed by atoms with E-state index in [-0.39, 0.29) is 0 Å². The molecule has 0 amide bonds. The van der Waals surface area contributed by atoms with Gasteiger partial charge >= 0.3 is 8.03 Å². The third-order valence-electron chi connectivity index (χ3n) is 1.95. The van der Waals surface area contributed by atoms with Crippen LogP contribution in [0.3, 0.4) is 0 Å².